The van der Waals surface area contributed by atoms with E-state index in [1.54, 1.807) is 7.11 Å². The fourth-order valence-corrected chi connectivity index (χ4v) is 2.07. The Kier molecular flexibility index (Phi) is 5.95. The first kappa shape index (κ1) is 14.8. The number of piperidine rings is 1. The Hall–Kier alpha value is -1.26. The Morgan fingerprint density at radius 3 is 2.67 bits per heavy atom. The first-order valence-corrected chi connectivity index (χ1v) is 5.96. The lowest BCUT2D eigenvalue weighted by Crippen LogP contribution is -2.34. The van der Waals surface area contributed by atoms with Gasteiger partial charge in [0.1, 0.15) is 5.75 Å². The van der Waals surface area contributed by atoms with Crippen LogP contribution in [0.5, 0.6) is 5.75 Å². The Labute approximate surface area is 114 Å². The molecule has 1 aromatic carbocycles. The third-order valence-electron chi connectivity index (χ3n) is 3.07. The molecule has 0 spiro atoms. The second-order valence-electron chi connectivity index (χ2n) is 4.21. The van der Waals surface area contributed by atoms with Crippen LogP contribution in [0.15, 0.2) is 24.3 Å². The molecule has 0 unspecified atom stereocenters. The predicted molar refractivity (Wildman–Crippen MR) is 74.5 cm³/mol. The Morgan fingerprint density at radius 1 is 1.33 bits per heavy atom. The number of amides is 1. The fraction of sp³-hybridized carbons (Fsp3) is 0.462. The molecule has 0 aromatic heterocycles. The van der Waals surface area contributed by atoms with Gasteiger partial charge in [0.25, 0.3) is 0 Å². The van der Waals surface area contributed by atoms with Crippen molar-refractivity contribution in [1.82, 2.24) is 5.32 Å². The molecule has 0 aliphatic carbocycles. The number of carbonyl (C=O) groups is 1. The SMILES string of the molecule is COc1ccccc1NC(=O)C1CCNCC1.Cl. The molecule has 1 heterocycles. The van der Waals surface area contributed by atoms with Gasteiger partial charge in [-0.3, -0.25) is 4.79 Å². The lowest BCUT2D eigenvalue weighted by atomic mass is 9.97. The molecule has 1 saturated heterocycles. The maximum atomic E-state index is 12.0. The molecule has 1 aromatic rings. The minimum absolute atomic E-state index is 0. The summed E-state index contributed by atoms with van der Waals surface area (Å²) in [5.74, 6) is 0.909. The van der Waals surface area contributed by atoms with Crippen molar-refractivity contribution in [3.05, 3.63) is 24.3 Å². The number of nitrogens with one attached hydrogen (secondary N) is 2. The molecule has 1 amide bonds. The van der Waals surface area contributed by atoms with Crippen molar-refractivity contribution in [3.63, 3.8) is 0 Å². The van der Waals surface area contributed by atoms with Crippen LogP contribution >= 0.6 is 12.4 Å². The smallest absolute Gasteiger partial charge is 0.227 e. The minimum Gasteiger partial charge on any atom is -0.495 e. The molecule has 4 nitrogen and oxygen atoms in total. The van der Waals surface area contributed by atoms with E-state index in [1.165, 1.54) is 0 Å². The molecule has 1 fully saturated rings. The summed E-state index contributed by atoms with van der Waals surface area (Å²) in [6.07, 6.45) is 1.81. The number of anilines is 1. The van der Waals surface area contributed by atoms with Gasteiger partial charge in [0, 0.05) is 5.92 Å². The molecule has 0 atom stereocenters. The number of methoxy groups -OCH3 is 1. The number of benzene rings is 1. The zero-order valence-electron chi connectivity index (χ0n) is 10.4. The van der Waals surface area contributed by atoms with Crippen LogP contribution in [0.4, 0.5) is 5.69 Å². The first-order valence-electron chi connectivity index (χ1n) is 5.96. The van der Waals surface area contributed by atoms with Crippen molar-refractivity contribution in [3.8, 4) is 5.75 Å². The number of hydrogen-bond donors (Lipinski definition) is 2. The summed E-state index contributed by atoms with van der Waals surface area (Å²) < 4.78 is 5.21. The zero-order valence-corrected chi connectivity index (χ0v) is 11.3. The molecule has 5 heteroatoms. The molecule has 2 rings (SSSR count). The van der Waals surface area contributed by atoms with Crippen LogP contribution in [0.25, 0.3) is 0 Å². The Morgan fingerprint density at radius 2 is 2.00 bits per heavy atom. The van der Waals surface area contributed by atoms with Gasteiger partial charge in [-0.15, -0.1) is 12.4 Å². The highest BCUT2D eigenvalue weighted by Crippen LogP contribution is 2.24. The van der Waals surface area contributed by atoms with E-state index in [0.29, 0.717) is 5.75 Å². The second-order valence-corrected chi connectivity index (χ2v) is 4.21. The summed E-state index contributed by atoms with van der Waals surface area (Å²) in [5.41, 5.74) is 0.749. The predicted octanol–water partition coefficient (Wildman–Crippen LogP) is 2.06. The molecule has 1 aliphatic heterocycles. The van der Waals surface area contributed by atoms with Gasteiger partial charge in [-0.25, -0.2) is 0 Å². The number of ether oxygens (including phenoxy) is 1. The van der Waals surface area contributed by atoms with E-state index < -0.39 is 0 Å². The van der Waals surface area contributed by atoms with Gasteiger partial charge >= 0.3 is 0 Å². The average molecular weight is 271 g/mol. The van der Waals surface area contributed by atoms with Crippen molar-refractivity contribution in [1.29, 1.82) is 0 Å². The fourth-order valence-electron chi connectivity index (χ4n) is 2.07. The lowest BCUT2D eigenvalue weighted by molar-refractivity contribution is -0.120. The highest BCUT2D eigenvalue weighted by molar-refractivity contribution is 5.94. The second kappa shape index (κ2) is 7.24. The Balaban J connectivity index is 0.00000162. The highest BCUT2D eigenvalue weighted by Gasteiger charge is 2.21. The maximum Gasteiger partial charge on any atom is 0.227 e. The van der Waals surface area contributed by atoms with Crippen LogP contribution in [-0.2, 0) is 4.79 Å². The molecule has 100 valence electrons. The van der Waals surface area contributed by atoms with Crippen LogP contribution < -0.4 is 15.4 Å². The number of hydrogen-bond acceptors (Lipinski definition) is 3. The maximum absolute atomic E-state index is 12.0. The highest BCUT2D eigenvalue weighted by atomic mass is 35.5. The minimum atomic E-state index is 0. The van der Waals surface area contributed by atoms with E-state index in [1.807, 2.05) is 24.3 Å². The van der Waals surface area contributed by atoms with Gasteiger partial charge in [-0.2, -0.15) is 0 Å². The normalized spacial score (nSPS) is 15.6. The van der Waals surface area contributed by atoms with E-state index in [-0.39, 0.29) is 24.2 Å². The zero-order chi connectivity index (χ0) is 12.1. The third kappa shape index (κ3) is 3.62. The van der Waals surface area contributed by atoms with E-state index in [4.69, 9.17) is 4.74 Å². The molecule has 0 saturated carbocycles. The number of rotatable bonds is 3. The third-order valence-corrected chi connectivity index (χ3v) is 3.07. The van der Waals surface area contributed by atoms with Gasteiger partial charge in [-0.05, 0) is 38.1 Å². The van der Waals surface area contributed by atoms with Gasteiger partial charge in [0.2, 0.25) is 5.91 Å². The molecular formula is C13H19ClN2O2. The van der Waals surface area contributed by atoms with Gasteiger partial charge in [0.15, 0.2) is 0 Å². The van der Waals surface area contributed by atoms with Crippen molar-refractivity contribution in [2.75, 3.05) is 25.5 Å². The summed E-state index contributed by atoms with van der Waals surface area (Å²) in [6, 6.07) is 7.48. The van der Waals surface area contributed by atoms with Crippen LogP contribution in [0, 0.1) is 5.92 Å². The van der Waals surface area contributed by atoms with Gasteiger partial charge < -0.3 is 15.4 Å². The summed E-state index contributed by atoms with van der Waals surface area (Å²) >= 11 is 0. The van der Waals surface area contributed by atoms with Crippen molar-refractivity contribution in [2.45, 2.75) is 12.8 Å². The molecule has 2 N–H and O–H groups in total. The van der Waals surface area contributed by atoms with Gasteiger partial charge in [-0.1, -0.05) is 12.1 Å². The molecule has 0 bridgehead atoms. The molecular weight excluding hydrogens is 252 g/mol. The van der Waals surface area contributed by atoms with Crippen LogP contribution in [0.3, 0.4) is 0 Å². The summed E-state index contributed by atoms with van der Waals surface area (Å²) in [5, 5.41) is 6.19. The van der Waals surface area contributed by atoms with Crippen LogP contribution in [0.1, 0.15) is 12.8 Å². The van der Waals surface area contributed by atoms with E-state index >= 15 is 0 Å². The largest absolute Gasteiger partial charge is 0.495 e. The molecule has 1 aliphatic rings. The first-order chi connectivity index (χ1) is 8.31. The van der Waals surface area contributed by atoms with E-state index in [9.17, 15) is 4.79 Å². The van der Waals surface area contributed by atoms with Crippen molar-refractivity contribution < 1.29 is 9.53 Å². The quantitative estimate of drug-likeness (QED) is 0.884. The summed E-state index contributed by atoms with van der Waals surface area (Å²) in [7, 11) is 1.61. The van der Waals surface area contributed by atoms with E-state index in [2.05, 4.69) is 10.6 Å². The van der Waals surface area contributed by atoms with E-state index in [0.717, 1.165) is 31.6 Å². The monoisotopic (exact) mass is 270 g/mol. The summed E-state index contributed by atoms with van der Waals surface area (Å²) in [4.78, 5) is 12.0. The van der Waals surface area contributed by atoms with Crippen LogP contribution in [-0.4, -0.2) is 26.1 Å². The standard InChI is InChI=1S/C13H18N2O2.ClH/c1-17-12-5-3-2-4-11(12)15-13(16)10-6-8-14-9-7-10;/h2-5,10,14H,6-9H2,1H3,(H,15,16);1H. The van der Waals surface area contributed by atoms with Crippen LogP contribution in [0.2, 0.25) is 0 Å². The molecule has 0 radical (unpaired) electrons. The number of para-hydroxylation sites is 2. The number of carbonyl (C=O) groups excluding carboxylic acids is 1. The summed E-state index contributed by atoms with van der Waals surface area (Å²) in [6.45, 7) is 1.84. The van der Waals surface area contributed by atoms with Crippen molar-refractivity contribution in [2.24, 2.45) is 5.92 Å². The number of halogens is 1. The average Bonchev–Trinajstić information content (AvgIpc) is 2.40. The lowest BCUT2D eigenvalue weighted by Gasteiger charge is -2.22. The Bertz CT molecular complexity index is 392. The van der Waals surface area contributed by atoms with Gasteiger partial charge in [0.05, 0.1) is 12.8 Å². The topological polar surface area (TPSA) is 50.4 Å². The molecule has 18 heavy (non-hydrogen) atoms. The van der Waals surface area contributed by atoms with Crippen molar-refractivity contribution >= 4 is 24.0 Å².